The van der Waals surface area contributed by atoms with Crippen LogP contribution in [0.25, 0.3) is 0 Å². The number of thioether (sulfide) groups is 1. The summed E-state index contributed by atoms with van der Waals surface area (Å²) < 4.78 is 12.2. The van der Waals surface area contributed by atoms with E-state index in [9.17, 15) is 9.59 Å². The Hall–Kier alpha value is -2.75. The highest BCUT2D eigenvalue weighted by Crippen LogP contribution is 2.30. The molecular formula is C17H23N5O4S. The smallest absolute Gasteiger partial charge is 0.237 e. The Balaban J connectivity index is 2.01. The molecule has 2 rings (SSSR count). The van der Waals surface area contributed by atoms with Gasteiger partial charge in [-0.1, -0.05) is 11.8 Å². The summed E-state index contributed by atoms with van der Waals surface area (Å²) >= 11 is 1.28. The molecule has 0 aliphatic rings. The summed E-state index contributed by atoms with van der Waals surface area (Å²) in [6.45, 7) is 1.78. The minimum absolute atomic E-state index is 0.186. The van der Waals surface area contributed by atoms with Crippen molar-refractivity contribution in [3.05, 3.63) is 24.0 Å². The van der Waals surface area contributed by atoms with E-state index in [1.807, 2.05) is 0 Å². The van der Waals surface area contributed by atoms with Crippen LogP contribution in [0.3, 0.4) is 0 Å². The van der Waals surface area contributed by atoms with E-state index >= 15 is 0 Å². The molecule has 1 atom stereocenters. The fourth-order valence-corrected chi connectivity index (χ4v) is 3.10. The molecule has 0 bridgehead atoms. The van der Waals surface area contributed by atoms with Gasteiger partial charge in [0.15, 0.2) is 16.7 Å². The quantitative estimate of drug-likeness (QED) is 0.617. The maximum atomic E-state index is 12.5. The fraction of sp³-hybridized carbons (Fsp3) is 0.412. The Bertz CT molecular complexity index is 824. The van der Waals surface area contributed by atoms with Gasteiger partial charge in [-0.2, -0.15) is 0 Å². The number of carbonyl (C=O) groups excluding carboxylic acids is 2. The van der Waals surface area contributed by atoms with Crippen LogP contribution >= 0.6 is 11.8 Å². The maximum absolute atomic E-state index is 12.5. The number of nitrogens with two attached hydrogens (primary N) is 1. The zero-order valence-electron chi connectivity index (χ0n) is 15.7. The lowest BCUT2D eigenvalue weighted by atomic mass is 10.2. The minimum Gasteiger partial charge on any atom is -0.493 e. The van der Waals surface area contributed by atoms with Crippen molar-refractivity contribution in [3.63, 3.8) is 0 Å². The highest BCUT2D eigenvalue weighted by atomic mass is 32.2. The molecule has 0 saturated heterocycles. The number of rotatable bonds is 9. The van der Waals surface area contributed by atoms with Gasteiger partial charge in [0.2, 0.25) is 11.8 Å². The van der Waals surface area contributed by atoms with E-state index in [4.69, 9.17) is 15.2 Å². The standard InChI is InChI=1S/C17H23N5O4S/c1-10(27-17-21-20-15(22(17)2)8-7-14(18)23)16(24)19-11-5-6-12(25-3)13(9-11)26-4/h5-6,9-10H,7-8H2,1-4H3,(H2,18,23)(H,19,24)/t10-/m0/s1. The van der Waals surface area contributed by atoms with Crippen LogP contribution in [0.4, 0.5) is 5.69 Å². The number of carbonyl (C=O) groups is 2. The zero-order valence-corrected chi connectivity index (χ0v) is 16.5. The van der Waals surface area contributed by atoms with E-state index in [1.165, 1.54) is 18.9 Å². The molecule has 1 aromatic heterocycles. The van der Waals surface area contributed by atoms with Crippen molar-refractivity contribution in [2.45, 2.75) is 30.2 Å². The molecule has 0 aliphatic heterocycles. The number of primary amides is 1. The summed E-state index contributed by atoms with van der Waals surface area (Å²) in [4.78, 5) is 23.4. The number of aryl methyl sites for hydroxylation is 1. The minimum atomic E-state index is -0.412. The van der Waals surface area contributed by atoms with Crippen LogP contribution in [0.15, 0.2) is 23.4 Å². The molecule has 0 saturated carbocycles. The van der Waals surface area contributed by atoms with E-state index in [-0.39, 0.29) is 12.3 Å². The van der Waals surface area contributed by atoms with Crippen molar-refractivity contribution in [2.75, 3.05) is 19.5 Å². The molecule has 3 N–H and O–H groups in total. The Morgan fingerprint density at radius 2 is 1.96 bits per heavy atom. The maximum Gasteiger partial charge on any atom is 0.237 e. The summed E-state index contributed by atoms with van der Waals surface area (Å²) in [7, 11) is 4.87. The first-order valence-corrected chi connectivity index (χ1v) is 9.09. The van der Waals surface area contributed by atoms with Crippen molar-refractivity contribution >= 4 is 29.3 Å². The van der Waals surface area contributed by atoms with Crippen LogP contribution < -0.4 is 20.5 Å². The molecular weight excluding hydrogens is 370 g/mol. The van der Waals surface area contributed by atoms with Gasteiger partial charge in [0.05, 0.1) is 19.5 Å². The first-order valence-electron chi connectivity index (χ1n) is 8.21. The largest absolute Gasteiger partial charge is 0.493 e. The van der Waals surface area contributed by atoms with Gasteiger partial charge < -0.3 is 25.1 Å². The number of anilines is 1. The van der Waals surface area contributed by atoms with E-state index in [0.717, 1.165) is 0 Å². The van der Waals surface area contributed by atoms with Crippen molar-refractivity contribution < 1.29 is 19.1 Å². The van der Waals surface area contributed by atoms with Gasteiger partial charge in [-0.05, 0) is 19.1 Å². The molecule has 1 aromatic carbocycles. The average Bonchev–Trinajstić information content (AvgIpc) is 2.99. The summed E-state index contributed by atoms with van der Waals surface area (Å²) in [5.74, 6) is 1.18. The number of benzene rings is 1. The van der Waals surface area contributed by atoms with Gasteiger partial charge >= 0.3 is 0 Å². The normalized spacial score (nSPS) is 11.7. The molecule has 146 valence electrons. The fourth-order valence-electron chi connectivity index (χ4n) is 2.27. The number of amides is 2. The molecule has 2 aromatic rings. The number of hydrogen-bond donors (Lipinski definition) is 2. The Labute approximate surface area is 161 Å². The third-order valence-electron chi connectivity index (χ3n) is 3.82. The lowest BCUT2D eigenvalue weighted by Crippen LogP contribution is -2.23. The lowest BCUT2D eigenvalue weighted by molar-refractivity contribution is -0.118. The van der Waals surface area contributed by atoms with E-state index in [2.05, 4.69) is 15.5 Å². The first kappa shape index (κ1) is 20.6. The molecule has 1 heterocycles. The summed E-state index contributed by atoms with van der Waals surface area (Å²) in [6, 6.07) is 5.15. The summed E-state index contributed by atoms with van der Waals surface area (Å²) in [6.07, 6.45) is 0.609. The van der Waals surface area contributed by atoms with Crippen molar-refractivity contribution in [1.82, 2.24) is 14.8 Å². The van der Waals surface area contributed by atoms with Gasteiger partial charge in [-0.3, -0.25) is 9.59 Å². The monoisotopic (exact) mass is 393 g/mol. The zero-order chi connectivity index (χ0) is 20.0. The van der Waals surface area contributed by atoms with Gasteiger partial charge in [-0.15, -0.1) is 10.2 Å². The Morgan fingerprint density at radius 3 is 2.59 bits per heavy atom. The van der Waals surface area contributed by atoms with E-state index < -0.39 is 11.2 Å². The second kappa shape index (κ2) is 9.26. The van der Waals surface area contributed by atoms with Crippen molar-refractivity contribution in [3.8, 4) is 11.5 Å². The first-order chi connectivity index (χ1) is 12.8. The number of ether oxygens (including phenoxy) is 2. The lowest BCUT2D eigenvalue weighted by Gasteiger charge is -2.13. The van der Waals surface area contributed by atoms with Crippen LogP contribution in [0, 0.1) is 0 Å². The second-order valence-corrected chi connectivity index (χ2v) is 7.05. The highest BCUT2D eigenvalue weighted by molar-refractivity contribution is 8.00. The molecule has 27 heavy (non-hydrogen) atoms. The SMILES string of the molecule is COc1ccc(NC(=O)[C@H](C)Sc2nnc(CCC(N)=O)n2C)cc1OC. The molecule has 0 unspecified atom stereocenters. The van der Waals surface area contributed by atoms with Crippen LogP contribution in [0.5, 0.6) is 11.5 Å². The molecule has 0 aliphatic carbocycles. The van der Waals surface area contributed by atoms with E-state index in [1.54, 1.807) is 43.8 Å². The number of hydrogen-bond acceptors (Lipinski definition) is 7. The van der Waals surface area contributed by atoms with E-state index in [0.29, 0.717) is 34.6 Å². The molecule has 0 radical (unpaired) electrons. The molecule has 10 heteroatoms. The van der Waals surface area contributed by atoms with Gasteiger partial charge in [0, 0.05) is 31.6 Å². The van der Waals surface area contributed by atoms with Crippen molar-refractivity contribution in [2.24, 2.45) is 12.8 Å². The summed E-state index contributed by atoms with van der Waals surface area (Å²) in [5, 5.41) is 11.1. The predicted molar refractivity (Wildman–Crippen MR) is 102 cm³/mol. The van der Waals surface area contributed by atoms with Crippen LogP contribution in [0.1, 0.15) is 19.2 Å². The summed E-state index contributed by atoms with van der Waals surface area (Å²) in [5.41, 5.74) is 5.76. The predicted octanol–water partition coefficient (Wildman–Crippen LogP) is 1.37. The van der Waals surface area contributed by atoms with Crippen LogP contribution in [-0.4, -0.2) is 46.0 Å². The molecule has 0 spiro atoms. The number of methoxy groups -OCH3 is 2. The van der Waals surface area contributed by atoms with Gasteiger partial charge in [-0.25, -0.2) is 0 Å². The third-order valence-corrected chi connectivity index (χ3v) is 4.96. The number of nitrogens with one attached hydrogen (secondary N) is 1. The third kappa shape index (κ3) is 5.36. The second-order valence-electron chi connectivity index (χ2n) is 5.74. The molecule has 9 nitrogen and oxygen atoms in total. The molecule has 2 amide bonds. The highest BCUT2D eigenvalue weighted by Gasteiger charge is 2.19. The van der Waals surface area contributed by atoms with Crippen molar-refractivity contribution in [1.29, 1.82) is 0 Å². The Kier molecular flexibility index (Phi) is 7.05. The molecule has 0 fully saturated rings. The topological polar surface area (TPSA) is 121 Å². The Morgan fingerprint density at radius 1 is 1.26 bits per heavy atom. The average molecular weight is 393 g/mol. The number of aromatic nitrogens is 3. The van der Waals surface area contributed by atoms with Gasteiger partial charge in [0.25, 0.3) is 0 Å². The van der Waals surface area contributed by atoms with Gasteiger partial charge in [0.1, 0.15) is 5.82 Å². The van der Waals surface area contributed by atoms with Crippen LogP contribution in [0.2, 0.25) is 0 Å². The number of nitrogens with zero attached hydrogens (tertiary/aromatic N) is 3. The van der Waals surface area contributed by atoms with Crippen LogP contribution in [-0.2, 0) is 23.1 Å².